The van der Waals surface area contributed by atoms with E-state index < -0.39 is 16.3 Å². The number of rotatable bonds is 6. The average Bonchev–Trinajstić information content (AvgIpc) is 3.48. The fraction of sp³-hybridized carbons (Fsp3) is 0.435. The van der Waals surface area contributed by atoms with Crippen molar-refractivity contribution >= 4 is 21.4 Å². The summed E-state index contributed by atoms with van der Waals surface area (Å²) in [4.78, 5) is 4.29. The number of aliphatic hydroxyl groups is 1. The van der Waals surface area contributed by atoms with Crippen molar-refractivity contribution in [2.24, 2.45) is 11.1 Å². The molecule has 1 atom stereocenters. The van der Waals surface area contributed by atoms with Gasteiger partial charge in [-0.15, -0.1) is 0 Å². The molecular weight excluding hydrogens is 412 g/mol. The second kappa shape index (κ2) is 7.93. The van der Waals surface area contributed by atoms with Crippen LogP contribution in [0.5, 0.6) is 0 Å². The van der Waals surface area contributed by atoms with Gasteiger partial charge in [-0.25, -0.2) is 10.1 Å². The number of nitrogens with one attached hydrogen (secondary N) is 1. The number of hydrogen-bond acceptors (Lipinski definition) is 4. The van der Waals surface area contributed by atoms with Crippen LogP contribution in [0.4, 0.5) is 5.69 Å². The number of benzene rings is 1. The van der Waals surface area contributed by atoms with Crippen molar-refractivity contribution in [2.45, 2.75) is 56.5 Å². The first kappa shape index (κ1) is 20.5. The maximum absolute atomic E-state index is 11.4. The molecule has 0 radical (unpaired) electrons. The quantitative estimate of drug-likeness (QED) is 0.541. The molecule has 5 rings (SSSR count). The number of anilines is 1. The predicted molar refractivity (Wildman–Crippen MR) is 120 cm³/mol. The molecule has 0 spiro atoms. The fourth-order valence-electron chi connectivity index (χ4n) is 5.06. The monoisotopic (exact) mass is 440 g/mol. The summed E-state index contributed by atoms with van der Waals surface area (Å²) in [7, 11) is -3.76. The lowest BCUT2D eigenvalue weighted by atomic mass is 9.75. The van der Waals surface area contributed by atoms with Crippen molar-refractivity contribution in [3.05, 3.63) is 65.7 Å². The number of nitrogens with zero attached hydrogens (tertiary/aromatic N) is 2. The molecule has 0 amide bonds. The van der Waals surface area contributed by atoms with E-state index in [0.717, 1.165) is 36.9 Å². The van der Waals surface area contributed by atoms with E-state index >= 15 is 0 Å². The lowest BCUT2D eigenvalue weighted by Gasteiger charge is -2.33. The van der Waals surface area contributed by atoms with E-state index in [9.17, 15) is 13.5 Å². The first-order chi connectivity index (χ1) is 14.9. The van der Waals surface area contributed by atoms with Gasteiger partial charge in [0.05, 0.1) is 29.8 Å². The Labute approximate surface area is 182 Å². The maximum atomic E-state index is 11.4. The Hall–Kier alpha value is -2.42. The molecule has 3 aromatic rings. The van der Waals surface area contributed by atoms with Gasteiger partial charge >= 0.3 is 0 Å². The van der Waals surface area contributed by atoms with Crippen LogP contribution in [-0.2, 0) is 10.2 Å². The van der Waals surface area contributed by atoms with Gasteiger partial charge in [0.25, 0.3) is 10.2 Å². The van der Waals surface area contributed by atoms with E-state index in [4.69, 9.17) is 5.14 Å². The zero-order chi connectivity index (χ0) is 21.6. The van der Waals surface area contributed by atoms with Crippen molar-refractivity contribution in [3.8, 4) is 0 Å². The molecule has 164 valence electrons. The number of hydrogen-bond donors (Lipinski definition) is 3. The van der Waals surface area contributed by atoms with E-state index in [-0.39, 0.29) is 5.92 Å². The van der Waals surface area contributed by atoms with Crippen LogP contribution in [0.2, 0.25) is 0 Å². The molecule has 4 N–H and O–H groups in total. The van der Waals surface area contributed by atoms with Gasteiger partial charge in [-0.1, -0.05) is 18.2 Å². The maximum Gasteiger partial charge on any atom is 0.296 e. The highest BCUT2D eigenvalue weighted by atomic mass is 32.2. The van der Waals surface area contributed by atoms with Crippen LogP contribution in [0.25, 0.3) is 5.52 Å². The van der Waals surface area contributed by atoms with E-state index in [1.54, 1.807) is 12.1 Å². The Morgan fingerprint density at radius 3 is 2.32 bits per heavy atom. The van der Waals surface area contributed by atoms with Crippen LogP contribution in [0, 0.1) is 5.92 Å². The molecule has 2 fully saturated rings. The SMILES string of the molecule is NS(=O)(=O)Nc1ccc([C@H]2CC[C@H]([C@H](O)c3c(C4CC4)ccc4cncn34)CC2)cc1. The Balaban J connectivity index is 1.29. The molecule has 31 heavy (non-hydrogen) atoms. The smallest absolute Gasteiger partial charge is 0.296 e. The number of nitrogens with two attached hydrogens (primary N) is 1. The van der Waals surface area contributed by atoms with Crippen LogP contribution >= 0.6 is 0 Å². The molecule has 0 bridgehead atoms. The van der Waals surface area contributed by atoms with Gasteiger partial charge < -0.3 is 9.51 Å². The van der Waals surface area contributed by atoms with E-state index in [1.165, 1.54) is 24.0 Å². The average molecular weight is 441 g/mol. The lowest BCUT2D eigenvalue weighted by molar-refractivity contribution is 0.0754. The second-order valence-electron chi connectivity index (χ2n) is 8.96. The normalized spacial score (nSPS) is 23.0. The largest absolute Gasteiger partial charge is 0.387 e. The van der Waals surface area contributed by atoms with Gasteiger partial charge in [-0.3, -0.25) is 4.72 Å². The summed E-state index contributed by atoms with van der Waals surface area (Å²) in [5, 5.41) is 16.4. The van der Waals surface area contributed by atoms with Crippen LogP contribution in [0.15, 0.2) is 48.9 Å². The number of imidazole rings is 1. The number of fused-ring (bicyclic) bond motifs is 1. The van der Waals surface area contributed by atoms with Crippen molar-refractivity contribution in [2.75, 3.05) is 4.72 Å². The Morgan fingerprint density at radius 1 is 1.00 bits per heavy atom. The first-order valence-electron chi connectivity index (χ1n) is 10.9. The number of aliphatic hydroxyl groups excluding tert-OH is 1. The van der Waals surface area contributed by atoms with Gasteiger partial charge in [0.1, 0.15) is 0 Å². The Morgan fingerprint density at radius 2 is 1.68 bits per heavy atom. The summed E-state index contributed by atoms with van der Waals surface area (Å²) in [5.41, 5.74) is 5.00. The Bertz CT molecular complexity index is 1180. The summed E-state index contributed by atoms with van der Waals surface area (Å²) in [6, 6.07) is 11.7. The predicted octanol–water partition coefficient (Wildman–Crippen LogP) is 3.83. The zero-order valence-corrected chi connectivity index (χ0v) is 18.1. The molecule has 7 nitrogen and oxygen atoms in total. The van der Waals surface area contributed by atoms with Crippen molar-refractivity contribution in [1.82, 2.24) is 9.38 Å². The molecule has 0 unspecified atom stereocenters. The highest BCUT2D eigenvalue weighted by Crippen LogP contribution is 2.47. The second-order valence-corrected chi connectivity index (χ2v) is 10.3. The summed E-state index contributed by atoms with van der Waals surface area (Å²) in [6.07, 6.45) is 9.49. The summed E-state index contributed by atoms with van der Waals surface area (Å²) in [5.74, 6) is 1.21. The van der Waals surface area contributed by atoms with Crippen LogP contribution in [0.1, 0.15) is 73.3 Å². The van der Waals surface area contributed by atoms with E-state index in [2.05, 4.69) is 26.2 Å². The molecular formula is C23H28N4O3S. The third-order valence-electron chi connectivity index (χ3n) is 6.81. The van der Waals surface area contributed by atoms with E-state index in [0.29, 0.717) is 17.5 Å². The van der Waals surface area contributed by atoms with Gasteiger partial charge in [-0.05, 0) is 85.6 Å². The summed E-state index contributed by atoms with van der Waals surface area (Å²) >= 11 is 0. The van der Waals surface area contributed by atoms with E-state index in [1.807, 2.05) is 24.7 Å². The molecule has 2 saturated carbocycles. The molecule has 0 aliphatic heterocycles. The minimum Gasteiger partial charge on any atom is -0.387 e. The molecule has 8 heteroatoms. The van der Waals surface area contributed by atoms with Gasteiger partial charge in [0.2, 0.25) is 0 Å². The molecule has 0 saturated heterocycles. The highest BCUT2D eigenvalue weighted by molar-refractivity contribution is 7.90. The standard InChI is InChI=1S/C23H28N4O3S/c24-31(29,30)26-19-9-7-16(8-10-19)15-1-5-18(6-2-15)23(28)22-21(17-3-4-17)12-11-20-13-25-14-27(20)22/h7-15,17-18,23,26,28H,1-6H2,(H2,24,29,30)/t15-,18-,23-/m0/s1. The summed E-state index contributed by atoms with van der Waals surface area (Å²) in [6.45, 7) is 0. The zero-order valence-electron chi connectivity index (χ0n) is 17.3. The summed E-state index contributed by atoms with van der Waals surface area (Å²) < 4.78 is 26.7. The third-order valence-corrected chi connectivity index (χ3v) is 7.33. The van der Waals surface area contributed by atoms with Crippen LogP contribution < -0.4 is 9.86 Å². The molecule has 2 heterocycles. The fourth-order valence-corrected chi connectivity index (χ4v) is 5.53. The van der Waals surface area contributed by atoms with Crippen LogP contribution in [-0.4, -0.2) is 22.9 Å². The lowest BCUT2D eigenvalue weighted by Crippen LogP contribution is -2.22. The topological polar surface area (TPSA) is 110 Å². The molecule has 2 aliphatic carbocycles. The van der Waals surface area contributed by atoms with Gasteiger partial charge in [0, 0.05) is 5.69 Å². The third kappa shape index (κ3) is 4.33. The van der Waals surface area contributed by atoms with Gasteiger partial charge in [-0.2, -0.15) is 8.42 Å². The van der Waals surface area contributed by atoms with Crippen molar-refractivity contribution in [1.29, 1.82) is 0 Å². The minimum absolute atomic E-state index is 0.227. The van der Waals surface area contributed by atoms with Crippen molar-refractivity contribution < 1.29 is 13.5 Å². The van der Waals surface area contributed by atoms with Gasteiger partial charge in [0.15, 0.2) is 0 Å². The number of aromatic nitrogens is 2. The van der Waals surface area contributed by atoms with Crippen molar-refractivity contribution in [3.63, 3.8) is 0 Å². The number of pyridine rings is 1. The highest BCUT2D eigenvalue weighted by Gasteiger charge is 2.34. The first-order valence-corrected chi connectivity index (χ1v) is 12.5. The molecule has 1 aromatic carbocycles. The molecule has 2 aliphatic rings. The minimum atomic E-state index is -3.76. The molecule has 2 aromatic heterocycles. The van der Waals surface area contributed by atoms with Crippen LogP contribution in [0.3, 0.4) is 0 Å². The Kier molecular flexibility index (Phi) is 5.24.